The zero-order valence-corrected chi connectivity index (χ0v) is 11.3. The molecular weight excluding hydrogens is 262 g/mol. The smallest absolute Gasteiger partial charge is 0.111 e. The first-order valence-electron chi connectivity index (χ1n) is 6.40. The quantitative estimate of drug-likeness (QED) is 0.935. The van der Waals surface area contributed by atoms with Crippen molar-refractivity contribution in [3.8, 4) is 0 Å². The van der Waals surface area contributed by atoms with Crippen molar-refractivity contribution in [2.75, 3.05) is 19.7 Å². The van der Waals surface area contributed by atoms with Crippen molar-refractivity contribution >= 4 is 11.6 Å². The summed E-state index contributed by atoms with van der Waals surface area (Å²) in [5.41, 5.74) is 2.18. The molecule has 0 radical (unpaired) electrons. The van der Waals surface area contributed by atoms with Crippen LogP contribution in [0.2, 0.25) is 5.02 Å². The monoisotopic (exact) mass is 277 g/mol. The molecule has 0 bridgehead atoms. The Hall–Kier alpha value is -1.36. The Morgan fingerprint density at radius 3 is 3.11 bits per heavy atom. The van der Waals surface area contributed by atoms with Gasteiger partial charge in [0.1, 0.15) is 6.10 Å². The summed E-state index contributed by atoms with van der Waals surface area (Å²) in [5.74, 6) is 0. The lowest BCUT2D eigenvalue weighted by Crippen LogP contribution is -2.34. The van der Waals surface area contributed by atoms with Gasteiger partial charge in [-0.25, -0.2) is 4.98 Å². The normalized spacial score (nSPS) is 19.5. The van der Waals surface area contributed by atoms with Gasteiger partial charge in [0, 0.05) is 18.1 Å². The van der Waals surface area contributed by atoms with Crippen LogP contribution in [0.5, 0.6) is 0 Å². The Labute approximate surface area is 117 Å². The zero-order valence-electron chi connectivity index (χ0n) is 10.6. The maximum absolute atomic E-state index is 6.20. The SMILES string of the molecule is Clc1ccccc1Cn1cncc1C1CNCCO1. The number of nitrogens with one attached hydrogen (secondary N) is 1. The first-order valence-corrected chi connectivity index (χ1v) is 6.78. The molecule has 2 heterocycles. The second-order valence-corrected chi connectivity index (χ2v) is 5.01. The molecule has 1 aliphatic rings. The molecule has 1 aromatic carbocycles. The van der Waals surface area contributed by atoms with Crippen molar-refractivity contribution in [2.24, 2.45) is 0 Å². The molecule has 0 amide bonds. The van der Waals surface area contributed by atoms with Crippen molar-refractivity contribution < 1.29 is 4.74 Å². The Bertz CT molecular complexity index is 549. The van der Waals surface area contributed by atoms with Crippen LogP contribution < -0.4 is 5.32 Å². The average molecular weight is 278 g/mol. The maximum Gasteiger partial charge on any atom is 0.111 e. The molecule has 1 fully saturated rings. The van der Waals surface area contributed by atoms with E-state index in [1.807, 2.05) is 36.8 Å². The molecule has 0 aliphatic carbocycles. The predicted molar refractivity (Wildman–Crippen MR) is 74.3 cm³/mol. The number of hydrogen-bond acceptors (Lipinski definition) is 3. The van der Waals surface area contributed by atoms with E-state index in [2.05, 4.69) is 14.9 Å². The van der Waals surface area contributed by atoms with Gasteiger partial charge in [-0.2, -0.15) is 0 Å². The van der Waals surface area contributed by atoms with Gasteiger partial charge in [0.15, 0.2) is 0 Å². The fraction of sp³-hybridized carbons (Fsp3) is 0.357. The Balaban J connectivity index is 1.82. The summed E-state index contributed by atoms with van der Waals surface area (Å²) in [6, 6.07) is 7.88. The number of aromatic nitrogens is 2. The third-order valence-corrected chi connectivity index (χ3v) is 3.67. The summed E-state index contributed by atoms with van der Waals surface area (Å²) < 4.78 is 7.87. The molecule has 0 saturated carbocycles. The summed E-state index contributed by atoms with van der Waals surface area (Å²) in [4.78, 5) is 4.24. The second-order valence-electron chi connectivity index (χ2n) is 4.60. The van der Waals surface area contributed by atoms with Gasteiger partial charge in [0.05, 0.1) is 31.4 Å². The predicted octanol–water partition coefficient (Wildman–Crippen LogP) is 2.25. The highest BCUT2D eigenvalue weighted by Crippen LogP contribution is 2.21. The molecule has 1 N–H and O–H groups in total. The van der Waals surface area contributed by atoms with Gasteiger partial charge >= 0.3 is 0 Å². The third-order valence-electron chi connectivity index (χ3n) is 3.30. The van der Waals surface area contributed by atoms with E-state index in [1.165, 1.54) is 0 Å². The number of benzene rings is 1. The molecule has 2 aromatic rings. The summed E-state index contributed by atoms with van der Waals surface area (Å²) >= 11 is 6.20. The summed E-state index contributed by atoms with van der Waals surface area (Å²) in [5, 5.41) is 4.12. The number of nitrogens with zero attached hydrogens (tertiary/aromatic N) is 2. The highest BCUT2D eigenvalue weighted by Gasteiger charge is 2.19. The minimum atomic E-state index is 0.0683. The van der Waals surface area contributed by atoms with Crippen molar-refractivity contribution in [2.45, 2.75) is 12.6 Å². The average Bonchev–Trinajstić information content (AvgIpc) is 2.91. The van der Waals surface area contributed by atoms with Crippen LogP contribution in [0.4, 0.5) is 0 Å². The molecule has 1 unspecified atom stereocenters. The lowest BCUT2D eigenvalue weighted by atomic mass is 10.2. The minimum absolute atomic E-state index is 0.0683. The van der Waals surface area contributed by atoms with Gasteiger partial charge in [-0.15, -0.1) is 0 Å². The fourth-order valence-corrected chi connectivity index (χ4v) is 2.49. The fourth-order valence-electron chi connectivity index (χ4n) is 2.30. The summed E-state index contributed by atoms with van der Waals surface area (Å²) in [7, 11) is 0. The van der Waals surface area contributed by atoms with Crippen LogP contribution in [0.15, 0.2) is 36.8 Å². The Morgan fingerprint density at radius 1 is 1.42 bits per heavy atom. The molecule has 0 spiro atoms. The largest absolute Gasteiger partial charge is 0.369 e. The van der Waals surface area contributed by atoms with Crippen LogP contribution >= 0.6 is 11.6 Å². The van der Waals surface area contributed by atoms with Crippen molar-refractivity contribution in [1.82, 2.24) is 14.9 Å². The van der Waals surface area contributed by atoms with Gasteiger partial charge in [-0.3, -0.25) is 0 Å². The van der Waals surface area contributed by atoms with E-state index >= 15 is 0 Å². The minimum Gasteiger partial charge on any atom is -0.369 e. The van der Waals surface area contributed by atoms with E-state index in [-0.39, 0.29) is 6.10 Å². The summed E-state index contributed by atoms with van der Waals surface area (Å²) in [6.07, 6.45) is 3.77. The second kappa shape index (κ2) is 5.74. The molecule has 19 heavy (non-hydrogen) atoms. The van der Waals surface area contributed by atoms with Crippen LogP contribution in [-0.4, -0.2) is 29.2 Å². The van der Waals surface area contributed by atoms with E-state index in [1.54, 1.807) is 0 Å². The molecule has 100 valence electrons. The number of ether oxygens (including phenoxy) is 1. The number of halogens is 1. The van der Waals surface area contributed by atoms with E-state index in [4.69, 9.17) is 16.3 Å². The molecule has 4 nitrogen and oxygen atoms in total. The van der Waals surface area contributed by atoms with Crippen molar-refractivity contribution in [3.05, 3.63) is 53.1 Å². The topological polar surface area (TPSA) is 39.1 Å². The number of rotatable bonds is 3. The van der Waals surface area contributed by atoms with Crippen molar-refractivity contribution in [3.63, 3.8) is 0 Å². The molecule has 1 aromatic heterocycles. The lowest BCUT2D eigenvalue weighted by molar-refractivity contribution is 0.0230. The Morgan fingerprint density at radius 2 is 2.32 bits per heavy atom. The van der Waals surface area contributed by atoms with Crippen LogP contribution in [0.3, 0.4) is 0 Å². The van der Waals surface area contributed by atoms with Crippen LogP contribution in [0, 0.1) is 0 Å². The molecule has 5 heteroatoms. The van der Waals surface area contributed by atoms with Crippen LogP contribution in [0.25, 0.3) is 0 Å². The number of imidazole rings is 1. The first-order chi connectivity index (χ1) is 9.34. The third kappa shape index (κ3) is 2.81. The van der Waals surface area contributed by atoms with E-state index in [0.29, 0.717) is 0 Å². The molecule has 1 aliphatic heterocycles. The van der Waals surface area contributed by atoms with Gasteiger partial charge in [-0.05, 0) is 11.6 Å². The highest BCUT2D eigenvalue weighted by molar-refractivity contribution is 6.31. The molecule has 1 saturated heterocycles. The first kappa shape index (κ1) is 12.7. The summed E-state index contributed by atoms with van der Waals surface area (Å²) in [6.45, 7) is 3.19. The van der Waals surface area contributed by atoms with Gasteiger partial charge < -0.3 is 14.6 Å². The highest BCUT2D eigenvalue weighted by atomic mass is 35.5. The van der Waals surface area contributed by atoms with Gasteiger partial charge in [0.2, 0.25) is 0 Å². The van der Waals surface area contributed by atoms with Gasteiger partial charge in [0.25, 0.3) is 0 Å². The lowest BCUT2D eigenvalue weighted by Gasteiger charge is -2.24. The van der Waals surface area contributed by atoms with E-state index in [0.717, 1.165) is 42.5 Å². The van der Waals surface area contributed by atoms with Gasteiger partial charge in [-0.1, -0.05) is 29.8 Å². The standard InChI is InChI=1S/C14H16ClN3O/c15-12-4-2-1-3-11(12)9-18-10-17-7-13(18)14-8-16-5-6-19-14/h1-4,7,10,14,16H,5-6,8-9H2. The number of hydrogen-bond donors (Lipinski definition) is 1. The van der Waals surface area contributed by atoms with Crippen LogP contribution in [0.1, 0.15) is 17.4 Å². The molecule has 1 atom stereocenters. The molecule has 3 rings (SSSR count). The number of morpholine rings is 1. The molecular formula is C14H16ClN3O. The van der Waals surface area contributed by atoms with E-state index < -0.39 is 0 Å². The van der Waals surface area contributed by atoms with Crippen LogP contribution in [-0.2, 0) is 11.3 Å². The van der Waals surface area contributed by atoms with E-state index in [9.17, 15) is 0 Å². The maximum atomic E-state index is 6.20. The van der Waals surface area contributed by atoms with Crippen molar-refractivity contribution in [1.29, 1.82) is 0 Å². The Kier molecular flexibility index (Phi) is 3.82. The zero-order chi connectivity index (χ0) is 13.1.